The number of likely N-dealkylation sites (tertiary alicyclic amines) is 1. The molecule has 10 nitrogen and oxygen atoms in total. The summed E-state index contributed by atoms with van der Waals surface area (Å²) >= 11 is 0. The Morgan fingerprint density at radius 2 is 1.91 bits per heavy atom. The molecule has 0 aliphatic carbocycles. The van der Waals surface area contributed by atoms with Gasteiger partial charge in [0.1, 0.15) is 5.60 Å². The molecule has 1 aliphatic heterocycles. The Kier molecular flexibility index (Phi) is 6.72. The predicted octanol–water partition coefficient (Wildman–Crippen LogP) is 4.66. The Morgan fingerprint density at radius 3 is 2.60 bits per heavy atom. The number of amides is 1. The van der Waals surface area contributed by atoms with Crippen LogP contribution in [-0.4, -0.2) is 60.5 Å². The van der Waals surface area contributed by atoms with Crippen LogP contribution in [0.5, 0.6) is 0 Å². The van der Waals surface area contributed by atoms with Crippen LogP contribution >= 0.6 is 0 Å². The number of aromatic nitrogens is 4. The van der Waals surface area contributed by atoms with Gasteiger partial charge < -0.3 is 20.1 Å². The van der Waals surface area contributed by atoms with Crippen molar-refractivity contribution in [3.8, 4) is 11.3 Å². The average molecular weight is 479 g/mol. The van der Waals surface area contributed by atoms with Gasteiger partial charge in [-0.05, 0) is 58.2 Å². The molecule has 10 heteroatoms. The van der Waals surface area contributed by atoms with Crippen LogP contribution in [0, 0.1) is 6.92 Å². The second-order valence-electron chi connectivity index (χ2n) is 9.64. The van der Waals surface area contributed by atoms with Crippen molar-refractivity contribution in [1.82, 2.24) is 24.6 Å². The predicted molar refractivity (Wildman–Crippen MR) is 131 cm³/mol. The number of anilines is 2. The van der Waals surface area contributed by atoms with E-state index in [1.54, 1.807) is 35.5 Å². The summed E-state index contributed by atoms with van der Waals surface area (Å²) in [6, 6.07) is 6.85. The van der Waals surface area contributed by atoms with Crippen molar-refractivity contribution < 1.29 is 19.4 Å². The maximum atomic E-state index is 12.3. The number of aromatic carboxylic acids is 1. The summed E-state index contributed by atoms with van der Waals surface area (Å²) in [5.74, 6) is -0.591. The zero-order valence-corrected chi connectivity index (χ0v) is 20.4. The van der Waals surface area contributed by atoms with Crippen LogP contribution in [0.2, 0.25) is 0 Å². The van der Waals surface area contributed by atoms with E-state index in [0.29, 0.717) is 30.3 Å². The Labute approximate surface area is 204 Å². The average Bonchev–Trinajstić information content (AvgIpc) is 3.28. The Bertz CT molecular complexity index is 1220. The highest BCUT2D eigenvalue weighted by atomic mass is 16.6. The van der Waals surface area contributed by atoms with Crippen LogP contribution in [0.25, 0.3) is 11.3 Å². The van der Waals surface area contributed by atoms with Gasteiger partial charge in [-0.3, -0.25) is 4.68 Å². The highest BCUT2D eigenvalue weighted by molar-refractivity contribution is 5.89. The zero-order chi connectivity index (χ0) is 25.2. The van der Waals surface area contributed by atoms with Gasteiger partial charge in [0.2, 0.25) is 5.95 Å². The number of benzene rings is 1. The second-order valence-corrected chi connectivity index (χ2v) is 9.64. The molecule has 0 atom stereocenters. The molecule has 0 radical (unpaired) electrons. The number of carboxylic acid groups (broad SMARTS) is 1. The number of hydrogen-bond donors (Lipinski definition) is 2. The fraction of sp³-hybridized carbons (Fsp3) is 0.400. The maximum absolute atomic E-state index is 12.3. The number of carboxylic acids is 1. The summed E-state index contributed by atoms with van der Waals surface area (Å²) in [5, 5.41) is 17.0. The lowest BCUT2D eigenvalue weighted by atomic mass is 10.1. The fourth-order valence-corrected chi connectivity index (χ4v) is 3.96. The third-order valence-electron chi connectivity index (χ3n) is 5.70. The normalized spacial score (nSPS) is 14.6. The lowest BCUT2D eigenvalue weighted by Gasteiger charge is -2.33. The standard InChI is InChI=1S/C25H30N6O4/c1-16-13-26-23(29-21(16)17-6-5-7-18(12-17)22(32)33)28-19-14-27-31(15-19)20-8-10-30(11-9-20)24(34)35-25(2,3)4/h5-7,12-15,20H,8-11H2,1-4H3,(H,32,33)(H,26,28,29). The van der Waals surface area contributed by atoms with Crippen LogP contribution in [0.1, 0.15) is 55.6 Å². The van der Waals surface area contributed by atoms with Crippen LogP contribution in [0.3, 0.4) is 0 Å². The SMILES string of the molecule is Cc1cnc(Nc2cnn(C3CCN(C(=O)OC(C)(C)C)CC3)c2)nc1-c1cccc(C(=O)O)c1. The van der Waals surface area contributed by atoms with E-state index in [1.807, 2.05) is 44.6 Å². The van der Waals surface area contributed by atoms with Crippen molar-refractivity contribution in [2.75, 3.05) is 18.4 Å². The van der Waals surface area contributed by atoms with E-state index in [0.717, 1.165) is 24.1 Å². The minimum Gasteiger partial charge on any atom is -0.478 e. The van der Waals surface area contributed by atoms with E-state index in [1.165, 1.54) is 0 Å². The molecule has 0 unspecified atom stereocenters. The first-order valence-corrected chi connectivity index (χ1v) is 11.6. The molecule has 0 spiro atoms. The van der Waals surface area contributed by atoms with Gasteiger partial charge in [-0.15, -0.1) is 0 Å². The molecule has 3 aromatic rings. The Morgan fingerprint density at radius 1 is 1.17 bits per heavy atom. The zero-order valence-electron chi connectivity index (χ0n) is 20.4. The fourth-order valence-electron chi connectivity index (χ4n) is 3.96. The second kappa shape index (κ2) is 9.73. The molecule has 1 aliphatic rings. The molecule has 35 heavy (non-hydrogen) atoms. The molecule has 2 N–H and O–H groups in total. The quantitative estimate of drug-likeness (QED) is 0.543. The van der Waals surface area contributed by atoms with Gasteiger partial charge in [0, 0.05) is 31.0 Å². The number of hydrogen-bond acceptors (Lipinski definition) is 7. The maximum Gasteiger partial charge on any atom is 0.410 e. The van der Waals surface area contributed by atoms with E-state index in [9.17, 15) is 14.7 Å². The highest BCUT2D eigenvalue weighted by Crippen LogP contribution is 2.27. The number of nitrogens with zero attached hydrogens (tertiary/aromatic N) is 5. The molecule has 184 valence electrons. The molecular formula is C25H30N6O4. The number of carbonyl (C=O) groups excluding carboxylic acids is 1. The summed E-state index contributed by atoms with van der Waals surface area (Å²) in [6.45, 7) is 8.70. The van der Waals surface area contributed by atoms with E-state index >= 15 is 0 Å². The summed E-state index contributed by atoms with van der Waals surface area (Å²) in [4.78, 5) is 34.3. The number of ether oxygens (including phenoxy) is 1. The third-order valence-corrected chi connectivity index (χ3v) is 5.70. The van der Waals surface area contributed by atoms with Crippen molar-refractivity contribution in [3.63, 3.8) is 0 Å². The lowest BCUT2D eigenvalue weighted by molar-refractivity contribution is 0.0184. The number of aryl methyl sites for hydroxylation is 1. The Hall–Kier alpha value is -3.95. The van der Waals surface area contributed by atoms with E-state index in [2.05, 4.69) is 20.4 Å². The summed E-state index contributed by atoms with van der Waals surface area (Å²) < 4.78 is 7.37. The minimum absolute atomic E-state index is 0.178. The first-order valence-electron chi connectivity index (χ1n) is 11.6. The van der Waals surface area contributed by atoms with Crippen LogP contribution in [0.15, 0.2) is 42.9 Å². The Balaban J connectivity index is 1.42. The van der Waals surface area contributed by atoms with Gasteiger partial charge in [0.05, 0.1) is 29.2 Å². The number of rotatable bonds is 5. The molecule has 1 saturated heterocycles. The van der Waals surface area contributed by atoms with Crippen molar-refractivity contribution in [2.24, 2.45) is 0 Å². The first kappa shape index (κ1) is 24.2. The third kappa shape index (κ3) is 5.95. The van der Waals surface area contributed by atoms with Gasteiger partial charge in [-0.25, -0.2) is 19.6 Å². The molecule has 3 heterocycles. The van der Waals surface area contributed by atoms with Gasteiger partial charge in [-0.2, -0.15) is 5.10 Å². The van der Waals surface area contributed by atoms with E-state index < -0.39 is 11.6 Å². The van der Waals surface area contributed by atoms with Crippen LogP contribution in [-0.2, 0) is 4.74 Å². The lowest BCUT2D eigenvalue weighted by Crippen LogP contribution is -2.42. The topological polar surface area (TPSA) is 122 Å². The first-order chi connectivity index (χ1) is 16.6. The summed E-state index contributed by atoms with van der Waals surface area (Å²) in [5.41, 5.74) is 2.65. The van der Waals surface area contributed by atoms with Crippen molar-refractivity contribution >= 4 is 23.7 Å². The van der Waals surface area contributed by atoms with Crippen molar-refractivity contribution in [1.29, 1.82) is 0 Å². The number of carbonyl (C=O) groups is 2. The minimum atomic E-state index is -0.985. The molecule has 4 rings (SSSR count). The van der Waals surface area contributed by atoms with Crippen molar-refractivity contribution in [2.45, 2.75) is 52.2 Å². The van der Waals surface area contributed by atoms with Crippen LogP contribution in [0.4, 0.5) is 16.4 Å². The van der Waals surface area contributed by atoms with Crippen molar-refractivity contribution in [3.05, 3.63) is 54.0 Å². The summed E-state index contributed by atoms with van der Waals surface area (Å²) in [6.07, 6.45) is 6.61. The highest BCUT2D eigenvalue weighted by Gasteiger charge is 2.28. The number of piperidine rings is 1. The van der Waals surface area contributed by atoms with Gasteiger partial charge in [0.25, 0.3) is 0 Å². The van der Waals surface area contributed by atoms with Gasteiger partial charge in [0.15, 0.2) is 0 Å². The smallest absolute Gasteiger partial charge is 0.410 e. The number of nitrogens with one attached hydrogen (secondary N) is 1. The molecule has 1 aromatic carbocycles. The van der Waals surface area contributed by atoms with E-state index in [4.69, 9.17) is 4.74 Å². The van der Waals surface area contributed by atoms with Gasteiger partial charge >= 0.3 is 12.1 Å². The monoisotopic (exact) mass is 478 g/mol. The molecule has 2 aromatic heterocycles. The summed E-state index contributed by atoms with van der Waals surface area (Å²) in [7, 11) is 0. The van der Waals surface area contributed by atoms with Gasteiger partial charge in [-0.1, -0.05) is 12.1 Å². The van der Waals surface area contributed by atoms with E-state index in [-0.39, 0.29) is 17.7 Å². The molecule has 1 fully saturated rings. The van der Waals surface area contributed by atoms with Crippen LogP contribution < -0.4 is 5.32 Å². The molecule has 0 saturated carbocycles. The largest absolute Gasteiger partial charge is 0.478 e. The molecule has 0 bridgehead atoms. The molecular weight excluding hydrogens is 448 g/mol. The molecule has 1 amide bonds.